The van der Waals surface area contributed by atoms with Gasteiger partial charge in [0.1, 0.15) is 11.5 Å². The van der Waals surface area contributed by atoms with Crippen LogP contribution in [0, 0.1) is 13.8 Å². The first-order chi connectivity index (χ1) is 12.5. The van der Waals surface area contributed by atoms with Crippen molar-refractivity contribution in [3.63, 3.8) is 0 Å². The summed E-state index contributed by atoms with van der Waals surface area (Å²) >= 11 is 0. The molecule has 1 atom stereocenters. The van der Waals surface area contributed by atoms with Crippen LogP contribution < -0.4 is 5.73 Å². The molecule has 1 aliphatic rings. The fourth-order valence-electron chi connectivity index (χ4n) is 3.31. The fraction of sp³-hybridized carbons (Fsp3) is 0.400. The van der Waals surface area contributed by atoms with Crippen LogP contribution in [0.5, 0.6) is 0 Å². The number of furan rings is 1. The molecule has 2 heterocycles. The number of nitrogens with zero attached hydrogens (tertiary/aromatic N) is 2. The molecule has 6 nitrogen and oxygen atoms in total. The predicted octanol–water partition coefficient (Wildman–Crippen LogP) is 2.69. The van der Waals surface area contributed by atoms with Gasteiger partial charge in [0.05, 0.1) is 5.56 Å². The third kappa shape index (κ3) is 4.90. The number of carbonyl (C=O) groups is 2. The fourth-order valence-corrected chi connectivity index (χ4v) is 3.31. The topological polar surface area (TPSA) is 79.8 Å². The summed E-state index contributed by atoms with van der Waals surface area (Å²) in [4.78, 5) is 28.7. The lowest BCUT2D eigenvalue weighted by Crippen LogP contribution is -2.51. The molecule has 27 heavy (non-hydrogen) atoms. The van der Waals surface area contributed by atoms with Crippen molar-refractivity contribution in [1.29, 1.82) is 0 Å². The maximum atomic E-state index is 12.6. The third-order valence-electron chi connectivity index (χ3n) is 4.81. The Morgan fingerprint density at radius 1 is 1.07 bits per heavy atom. The van der Waals surface area contributed by atoms with Crippen molar-refractivity contribution in [3.05, 3.63) is 59.0 Å². The minimum absolute atomic E-state index is 0. The standard InChI is InChI=1S/C20H25N3O3.ClH/c1-14-12-17(15(2)26-14)20(25)23-10-8-22(9-11-23)19(24)13-18(21)16-6-4-3-5-7-16;/h3-7,12,18H,8-11,13,21H2,1-2H3;1H. The number of halogens is 1. The molecule has 1 unspecified atom stereocenters. The van der Waals surface area contributed by atoms with Crippen LogP contribution in [0.15, 0.2) is 40.8 Å². The molecule has 0 bridgehead atoms. The molecule has 3 rings (SSSR count). The number of carbonyl (C=O) groups excluding carboxylic acids is 2. The van der Waals surface area contributed by atoms with Gasteiger partial charge in [0, 0.05) is 38.6 Å². The lowest BCUT2D eigenvalue weighted by Gasteiger charge is -2.35. The van der Waals surface area contributed by atoms with E-state index in [4.69, 9.17) is 10.2 Å². The van der Waals surface area contributed by atoms with Crippen LogP contribution in [0.1, 0.15) is 39.9 Å². The van der Waals surface area contributed by atoms with E-state index in [-0.39, 0.29) is 36.7 Å². The van der Waals surface area contributed by atoms with Gasteiger partial charge < -0.3 is 20.0 Å². The van der Waals surface area contributed by atoms with Crippen molar-refractivity contribution >= 4 is 24.2 Å². The molecule has 1 saturated heterocycles. The van der Waals surface area contributed by atoms with Crippen molar-refractivity contribution < 1.29 is 14.0 Å². The Morgan fingerprint density at radius 3 is 2.22 bits per heavy atom. The number of benzene rings is 1. The van der Waals surface area contributed by atoms with Gasteiger partial charge in [-0.25, -0.2) is 0 Å². The molecule has 1 aromatic heterocycles. The van der Waals surface area contributed by atoms with Crippen molar-refractivity contribution in [2.45, 2.75) is 26.3 Å². The summed E-state index contributed by atoms with van der Waals surface area (Å²) in [5.41, 5.74) is 7.71. The van der Waals surface area contributed by atoms with Crippen LogP contribution in [0.3, 0.4) is 0 Å². The summed E-state index contributed by atoms with van der Waals surface area (Å²) in [5, 5.41) is 0. The highest BCUT2D eigenvalue weighted by Gasteiger charge is 2.27. The van der Waals surface area contributed by atoms with Gasteiger partial charge in [-0.3, -0.25) is 9.59 Å². The minimum atomic E-state index is -0.306. The number of nitrogens with two attached hydrogens (primary N) is 1. The molecule has 0 radical (unpaired) electrons. The highest BCUT2D eigenvalue weighted by Crippen LogP contribution is 2.19. The van der Waals surface area contributed by atoms with E-state index in [9.17, 15) is 9.59 Å². The number of rotatable bonds is 4. The average Bonchev–Trinajstić information content (AvgIpc) is 3.00. The van der Waals surface area contributed by atoms with E-state index >= 15 is 0 Å². The molecular formula is C20H26ClN3O3. The summed E-state index contributed by atoms with van der Waals surface area (Å²) in [7, 11) is 0. The van der Waals surface area contributed by atoms with Crippen LogP contribution in [-0.4, -0.2) is 47.8 Å². The van der Waals surface area contributed by atoms with Crippen molar-refractivity contribution in [2.24, 2.45) is 5.73 Å². The molecular weight excluding hydrogens is 366 g/mol. The predicted molar refractivity (Wildman–Crippen MR) is 106 cm³/mol. The van der Waals surface area contributed by atoms with Crippen molar-refractivity contribution in [1.82, 2.24) is 9.80 Å². The molecule has 2 amide bonds. The van der Waals surface area contributed by atoms with Gasteiger partial charge in [0.2, 0.25) is 5.91 Å². The van der Waals surface area contributed by atoms with Crippen LogP contribution >= 0.6 is 12.4 Å². The van der Waals surface area contributed by atoms with E-state index in [1.54, 1.807) is 22.8 Å². The summed E-state index contributed by atoms with van der Waals surface area (Å²) in [6.45, 7) is 5.73. The van der Waals surface area contributed by atoms with E-state index in [0.29, 0.717) is 37.5 Å². The van der Waals surface area contributed by atoms with Gasteiger partial charge in [0.25, 0.3) is 5.91 Å². The van der Waals surface area contributed by atoms with E-state index in [1.807, 2.05) is 37.3 Å². The smallest absolute Gasteiger partial charge is 0.257 e. The molecule has 1 fully saturated rings. The number of hydrogen-bond donors (Lipinski definition) is 1. The summed E-state index contributed by atoms with van der Waals surface area (Å²) in [5.74, 6) is 1.37. The number of piperazine rings is 1. The number of hydrogen-bond acceptors (Lipinski definition) is 4. The van der Waals surface area contributed by atoms with E-state index in [2.05, 4.69) is 0 Å². The Kier molecular flexibility index (Phi) is 7.05. The first-order valence-corrected chi connectivity index (χ1v) is 8.90. The highest BCUT2D eigenvalue weighted by atomic mass is 35.5. The Morgan fingerprint density at radius 2 is 1.67 bits per heavy atom. The Balaban J connectivity index is 0.00000261. The molecule has 1 aromatic carbocycles. The van der Waals surface area contributed by atoms with Crippen LogP contribution in [0.2, 0.25) is 0 Å². The maximum Gasteiger partial charge on any atom is 0.257 e. The zero-order valence-corrected chi connectivity index (χ0v) is 16.5. The van der Waals surface area contributed by atoms with Gasteiger partial charge in [-0.05, 0) is 25.5 Å². The molecule has 2 N–H and O–H groups in total. The third-order valence-corrected chi connectivity index (χ3v) is 4.81. The van der Waals surface area contributed by atoms with Crippen LogP contribution in [0.25, 0.3) is 0 Å². The first kappa shape index (κ1) is 21.0. The van der Waals surface area contributed by atoms with E-state index in [1.165, 1.54) is 0 Å². The van der Waals surface area contributed by atoms with E-state index < -0.39 is 0 Å². The Labute approximate surface area is 165 Å². The number of amides is 2. The summed E-state index contributed by atoms with van der Waals surface area (Å²) in [6, 6.07) is 11.1. The van der Waals surface area contributed by atoms with Crippen molar-refractivity contribution in [3.8, 4) is 0 Å². The second kappa shape index (κ2) is 9.06. The quantitative estimate of drug-likeness (QED) is 0.868. The molecule has 0 saturated carbocycles. The lowest BCUT2D eigenvalue weighted by atomic mass is 10.0. The molecule has 146 valence electrons. The van der Waals surface area contributed by atoms with Gasteiger partial charge in [-0.2, -0.15) is 0 Å². The van der Waals surface area contributed by atoms with Crippen molar-refractivity contribution in [2.75, 3.05) is 26.2 Å². The molecule has 2 aromatic rings. The Bertz CT molecular complexity index is 783. The minimum Gasteiger partial charge on any atom is -0.466 e. The van der Waals surface area contributed by atoms with Gasteiger partial charge >= 0.3 is 0 Å². The van der Waals surface area contributed by atoms with Gasteiger partial charge in [-0.1, -0.05) is 30.3 Å². The SMILES string of the molecule is Cc1cc(C(=O)N2CCN(C(=O)CC(N)c3ccccc3)CC2)c(C)o1.Cl. The lowest BCUT2D eigenvalue weighted by molar-refractivity contribution is -0.133. The maximum absolute atomic E-state index is 12.6. The second-order valence-corrected chi connectivity index (χ2v) is 6.72. The van der Waals surface area contributed by atoms with Gasteiger partial charge in [-0.15, -0.1) is 12.4 Å². The highest BCUT2D eigenvalue weighted by molar-refractivity contribution is 5.95. The monoisotopic (exact) mass is 391 g/mol. The van der Waals surface area contributed by atoms with E-state index in [0.717, 1.165) is 11.3 Å². The first-order valence-electron chi connectivity index (χ1n) is 8.90. The summed E-state index contributed by atoms with van der Waals surface area (Å²) < 4.78 is 5.45. The molecule has 0 spiro atoms. The molecule has 0 aliphatic carbocycles. The largest absolute Gasteiger partial charge is 0.466 e. The summed E-state index contributed by atoms with van der Waals surface area (Å²) in [6.07, 6.45) is 0.276. The number of aryl methyl sites for hydroxylation is 2. The molecule has 1 aliphatic heterocycles. The van der Waals surface area contributed by atoms with Gasteiger partial charge in [0.15, 0.2) is 0 Å². The zero-order valence-electron chi connectivity index (χ0n) is 15.7. The second-order valence-electron chi connectivity index (χ2n) is 6.72. The van der Waals surface area contributed by atoms with Crippen LogP contribution in [0.4, 0.5) is 0 Å². The zero-order chi connectivity index (χ0) is 18.7. The average molecular weight is 392 g/mol. The Hall–Kier alpha value is -2.31. The molecule has 7 heteroatoms. The normalized spacial score (nSPS) is 15.2. The van der Waals surface area contributed by atoms with Crippen LogP contribution in [-0.2, 0) is 4.79 Å².